The monoisotopic (exact) mass is 572 g/mol. The van der Waals surface area contributed by atoms with Crippen molar-refractivity contribution in [3.8, 4) is 5.75 Å². The fraction of sp³-hybridized carbons (Fsp3) is 0.516. The number of carboxylic acid groups (broad SMARTS) is 2. The lowest BCUT2D eigenvalue weighted by Crippen LogP contribution is -2.50. The minimum atomic E-state index is -1.74. The van der Waals surface area contributed by atoms with Gasteiger partial charge in [0.1, 0.15) is 12.4 Å². The molecule has 0 saturated heterocycles. The van der Waals surface area contributed by atoms with Crippen molar-refractivity contribution in [1.29, 1.82) is 0 Å². The van der Waals surface area contributed by atoms with Gasteiger partial charge in [-0.1, -0.05) is 36.8 Å². The second-order valence-electron chi connectivity index (χ2n) is 10.2. The molecule has 2 atom stereocenters. The first-order valence-corrected chi connectivity index (χ1v) is 14.1. The molecular formula is C31H44N2O8. The number of anilines is 1. The number of para-hydroxylation sites is 2. The topological polar surface area (TPSA) is 146 Å². The number of carbonyl (C=O) groups is 3. The Morgan fingerprint density at radius 3 is 2.29 bits per heavy atom. The number of carboxylic acids is 2. The number of hydrogen-bond donors (Lipinski definition) is 4. The van der Waals surface area contributed by atoms with Gasteiger partial charge in [0, 0.05) is 26.7 Å². The summed E-state index contributed by atoms with van der Waals surface area (Å²) in [5, 5.41) is 31.6. The molecule has 4 N–H and O–H groups in total. The van der Waals surface area contributed by atoms with Crippen LogP contribution in [0, 0.1) is 13.8 Å². The highest BCUT2D eigenvalue weighted by molar-refractivity contribution is 5.88. The number of likely N-dealkylation sites (N-methyl/N-ethyl adjacent to an activating group) is 1. The summed E-state index contributed by atoms with van der Waals surface area (Å²) in [6.45, 7) is 4.48. The van der Waals surface area contributed by atoms with E-state index in [1.165, 1.54) is 21.6 Å². The van der Waals surface area contributed by atoms with E-state index in [2.05, 4.69) is 37.4 Å². The molecule has 2 aromatic rings. The molecule has 0 heterocycles. The Kier molecular flexibility index (Phi) is 14.7. The molecule has 0 fully saturated rings. The Labute approximate surface area is 242 Å². The molecule has 0 saturated carbocycles. The van der Waals surface area contributed by atoms with Gasteiger partial charge in [-0.2, -0.15) is 0 Å². The molecule has 41 heavy (non-hydrogen) atoms. The number of carbonyl (C=O) groups excluding carboxylic acids is 1. The molecule has 0 aliphatic rings. The van der Waals surface area contributed by atoms with Crippen LogP contribution >= 0.6 is 0 Å². The Hall–Kier alpha value is -3.63. The van der Waals surface area contributed by atoms with Crippen LogP contribution in [0.1, 0.15) is 55.2 Å². The molecular weight excluding hydrogens is 528 g/mol. The summed E-state index contributed by atoms with van der Waals surface area (Å²) < 4.78 is 10.8. The summed E-state index contributed by atoms with van der Waals surface area (Å²) in [6.07, 6.45) is 2.34. The van der Waals surface area contributed by atoms with Crippen LogP contribution in [-0.2, 0) is 30.3 Å². The summed E-state index contributed by atoms with van der Waals surface area (Å²) in [6, 6.07) is 13.4. The first kappa shape index (κ1) is 33.6. The molecule has 2 unspecified atom stereocenters. The number of aromatic hydroxyl groups is 1. The summed E-state index contributed by atoms with van der Waals surface area (Å²) in [7, 11) is 1.57. The van der Waals surface area contributed by atoms with Crippen LogP contribution in [0.2, 0.25) is 0 Å². The maximum absolute atomic E-state index is 13.2. The molecule has 226 valence electrons. The number of nitrogens with one attached hydrogen (secondary N) is 1. The third-order valence-corrected chi connectivity index (χ3v) is 6.89. The number of ether oxygens (including phenoxy) is 2. The largest absolute Gasteiger partial charge is 0.506 e. The second-order valence-corrected chi connectivity index (χ2v) is 10.2. The maximum atomic E-state index is 13.2. The first-order chi connectivity index (χ1) is 19.6. The van der Waals surface area contributed by atoms with Crippen molar-refractivity contribution < 1.29 is 39.2 Å². The van der Waals surface area contributed by atoms with Crippen LogP contribution in [0.25, 0.3) is 0 Å². The number of amides is 1. The number of rotatable bonds is 20. The standard InChI is InChI=1S/C31H44N2O8/c1-22-15-16-24(20-23(22)2)12-6-4-11-19-40-28(29(31(38)39)41-21-27(35)36)30(37)33(3)18-10-5-9-17-32-25-13-7-8-14-26(25)34/h7-8,13-16,20,28-29,32,34H,4-6,9-12,17-19,21H2,1-3H3,(H,35,36)(H,38,39). The van der Waals surface area contributed by atoms with E-state index in [-0.39, 0.29) is 12.4 Å². The average molecular weight is 573 g/mol. The van der Waals surface area contributed by atoms with Crippen LogP contribution < -0.4 is 5.32 Å². The summed E-state index contributed by atoms with van der Waals surface area (Å²) in [5.41, 5.74) is 4.42. The Bertz CT molecular complexity index is 1120. The molecule has 2 aromatic carbocycles. The van der Waals surface area contributed by atoms with Crippen LogP contribution in [0.15, 0.2) is 42.5 Å². The third-order valence-electron chi connectivity index (χ3n) is 6.89. The van der Waals surface area contributed by atoms with Gasteiger partial charge in [-0.3, -0.25) is 4.79 Å². The lowest BCUT2D eigenvalue weighted by atomic mass is 10.0. The van der Waals surface area contributed by atoms with E-state index in [9.17, 15) is 24.6 Å². The molecule has 0 aromatic heterocycles. The number of aliphatic carboxylic acids is 2. The van der Waals surface area contributed by atoms with Crippen LogP contribution in [0.5, 0.6) is 5.75 Å². The Morgan fingerprint density at radius 1 is 0.878 bits per heavy atom. The summed E-state index contributed by atoms with van der Waals surface area (Å²) in [5.74, 6) is -3.17. The lowest BCUT2D eigenvalue weighted by Gasteiger charge is -2.27. The zero-order valence-electron chi connectivity index (χ0n) is 24.3. The molecule has 0 bridgehead atoms. The third kappa shape index (κ3) is 12.2. The highest BCUT2D eigenvalue weighted by atomic mass is 16.6. The second kappa shape index (κ2) is 17.9. The van der Waals surface area contributed by atoms with Crippen molar-refractivity contribution >= 4 is 23.5 Å². The van der Waals surface area contributed by atoms with Gasteiger partial charge in [-0.05, 0) is 81.2 Å². The maximum Gasteiger partial charge on any atom is 0.336 e. The normalized spacial score (nSPS) is 12.5. The minimum absolute atomic E-state index is 0.148. The van der Waals surface area contributed by atoms with Crippen molar-refractivity contribution in [3.63, 3.8) is 0 Å². The molecule has 0 aliphatic heterocycles. The van der Waals surface area contributed by atoms with Crippen molar-refractivity contribution in [3.05, 3.63) is 59.2 Å². The SMILES string of the molecule is Cc1ccc(CCCCCOC(C(=O)N(C)CCCCCNc2ccccc2O)C(OCC(=O)O)C(=O)O)cc1C. The predicted molar refractivity (Wildman–Crippen MR) is 156 cm³/mol. The summed E-state index contributed by atoms with van der Waals surface area (Å²) in [4.78, 5) is 37.5. The lowest BCUT2D eigenvalue weighted by molar-refractivity contribution is -0.175. The Balaban J connectivity index is 1.84. The fourth-order valence-electron chi connectivity index (χ4n) is 4.34. The van der Waals surface area contributed by atoms with Gasteiger partial charge in [0.05, 0.1) is 5.69 Å². The molecule has 1 amide bonds. The van der Waals surface area contributed by atoms with Crippen LogP contribution in [0.3, 0.4) is 0 Å². The molecule has 10 heteroatoms. The van der Waals surface area contributed by atoms with E-state index in [1.54, 1.807) is 25.2 Å². The van der Waals surface area contributed by atoms with Crippen molar-refractivity contribution in [1.82, 2.24) is 4.90 Å². The van der Waals surface area contributed by atoms with Gasteiger partial charge in [-0.15, -0.1) is 0 Å². The quantitative estimate of drug-likeness (QED) is 0.134. The highest BCUT2D eigenvalue weighted by Crippen LogP contribution is 2.21. The number of phenolic OH excluding ortho intramolecular Hbond substituents is 1. The van der Waals surface area contributed by atoms with E-state index in [0.29, 0.717) is 31.6 Å². The summed E-state index contributed by atoms with van der Waals surface area (Å²) >= 11 is 0. The number of aryl methyl sites for hydroxylation is 3. The van der Waals surface area contributed by atoms with Crippen molar-refractivity contribution in [2.45, 2.75) is 71.0 Å². The van der Waals surface area contributed by atoms with Crippen LogP contribution in [-0.4, -0.2) is 83.6 Å². The number of benzene rings is 2. The zero-order chi connectivity index (χ0) is 30.2. The number of phenols is 1. The smallest absolute Gasteiger partial charge is 0.336 e. The van der Waals surface area contributed by atoms with Crippen LogP contribution in [0.4, 0.5) is 5.69 Å². The van der Waals surface area contributed by atoms with E-state index < -0.39 is 36.7 Å². The van der Waals surface area contributed by atoms with Gasteiger partial charge in [-0.25, -0.2) is 9.59 Å². The first-order valence-electron chi connectivity index (χ1n) is 14.1. The van der Waals surface area contributed by atoms with Crippen molar-refractivity contribution in [2.24, 2.45) is 0 Å². The minimum Gasteiger partial charge on any atom is -0.506 e. The van der Waals surface area contributed by atoms with Gasteiger partial charge < -0.3 is 35.0 Å². The Morgan fingerprint density at radius 2 is 1.61 bits per heavy atom. The zero-order valence-corrected chi connectivity index (χ0v) is 24.3. The van der Waals surface area contributed by atoms with Crippen molar-refractivity contribution in [2.75, 3.05) is 38.7 Å². The number of unbranched alkanes of at least 4 members (excludes halogenated alkanes) is 4. The average Bonchev–Trinajstić information content (AvgIpc) is 2.93. The molecule has 0 spiro atoms. The molecule has 10 nitrogen and oxygen atoms in total. The van der Waals surface area contributed by atoms with E-state index >= 15 is 0 Å². The molecule has 0 radical (unpaired) electrons. The fourth-order valence-corrected chi connectivity index (χ4v) is 4.34. The number of hydrogen-bond acceptors (Lipinski definition) is 7. The molecule has 0 aliphatic carbocycles. The van der Waals surface area contributed by atoms with E-state index in [1.807, 2.05) is 6.07 Å². The highest BCUT2D eigenvalue weighted by Gasteiger charge is 2.37. The predicted octanol–water partition coefficient (Wildman–Crippen LogP) is 4.40. The van der Waals surface area contributed by atoms with E-state index in [0.717, 1.165) is 32.1 Å². The van der Waals surface area contributed by atoms with Gasteiger partial charge in [0.2, 0.25) is 0 Å². The van der Waals surface area contributed by atoms with Gasteiger partial charge in [0.25, 0.3) is 5.91 Å². The molecule has 2 rings (SSSR count). The van der Waals surface area contributed by atoms with Gasteiger partial charge >= 0.3 is 11.9 Å². The van der Waals surface area contributed by atoms with E-state index in [4.69, 9.17) is 14.6 Å². The van der Waals surface area contributed by atoms with Gasteiger partial charge in [0.15, 0.2) is 12.2 Å². The number of nitrogens with zero attached hydrogens (tertiary/aromatic N) is 1.